The van der Waals surface area contributed by atoms with Crippen molar-refractivity contribution >= 4 is 40.0 Å². The number of carbonyl (C=O) groups excluding carboxylic acids is 2. The fourth-order valence-corrected chi connectivity index (χ4v) is 6.12. The Morgan fingerprint density at radius 3 is 2.67 bits per heavy atom. The van der Waals surface area contributed by atoms with Gasteiger partial charge in [0.25, 0.3) is 0 Å². The first-order valence-electron chi connectivity index (χ1n) is 12.3. The van der Waals surface area contributed by atoms with Crippen LogP contribution in [-0.4, -0.2) is 59.3 Å². The Morgan fingerprint density at radius 1 is 1.18 bits per heavy atom. The van der Waals surface area contributed by atoms with Gasteiger partial charge in [0.1, 0.15) is 22.1 Å². The maximum absolute atomic E-state index is 13.0. The number of rotatable bonds is 10. The number of methoxy groups -OCH3 is 2. The van der Waals surface area contributed by atoms with E-state index in [1.807, 2.05) is 47.2 Å². The number of aryl methyl sites for hydroxylation is 1. The molecule has 204 valence electrons. The number of furan rings is 1. The van der Waals surface area contributed by atoms with Crippen LogP contribution in [0.3, 0.4) is 0 Å². The summed E-state index contributed by atoms with van der Waals surface area (Å²) in [5.74, 6) is 1.39. The van der Waals surface area contributed by atoms with Crippen LogP contribution in [0.1, 0.15) is 29.0 Å². The Kier molecular flexibility index (Phi) is 8.34. The molecule has 1 amide bonds. The van der Waals surface area contributed by atoms with Gasteiger partial charge in [-0.3, -0.25) is 9.36 Å². The van der Waals surface area contributed by atoms with E-state index in [1.165, 1.54) is 30.2 Å². The van der Waals surface area contributed by atoms with E-state index < -0.39 is 5.97 Å². The molecule has 1 aromatic carbocycles. The van der Waals surface area contributed by atoms with E-state index in [9.17, 15) is 9.59 Å². The predicted octanol–water partition coefficient (Wildman–Crippen LogP) is 5.28. The Bertz CT molecular complexity index is 1450. The molecule has 0 spiro atoms. The minimum Gasteiger partial charge on any atom is -0.497 e. The maximum Gasteiger partial charge on any atom is 0.341 e. The summed E-state index contributed by atoms with van der Waals surface area (Å²) in [5, 5.41) is 14.5. The zero-order valence-electron chi connectivity index (χ0n) is 21.8. The van der Waals surface area contributed by atoms with Crippen molar-refractivity contribution < 1.29 is 28.2 Å². The molecule has 1 aliphatic heterocycles. The van der Waals surface area contributed by atoms with Gasteiger partial charge in [-0.05, 0) is 43.5 Å². The highest BCUT2D eigenvalue weighted by Gasteiger charge is 2.25. The third kappa shape index (κ3) is 5.87. The molecule has 4 aromatic rings. The van der Waals surface area contributed by atoms with E-state index >= 15 is 0 Å². The van der Waals surface area contributed by atoms with Gasteiger partial charge in [0.2, 0.25) is 5.91 Å². The molecule has 0 radical (unpaired) electrons. The Morgan fingerprint density at radius 2 is 2.00 bits per heavy atom. The Labute approximate surface area is 233 Å². The number of anilines is 1. The van der Waals surface area contributed by atoms with E-state index in [0.717, 1.165) is 36.3 Å². The van der Waals surface area contributed by atoms with Crippen LogP contribution < -0.4 is 10.1 Å². The lowest BCUT2D eigenvalue weighted by Crippen LogP contribution is -2.18. The molecule has 1 aliphatic rings. The van der Waals surface area contributed by atoms with Crippen LogP contribution in [0, 0.1) is 6.92 Å². The van der Waals surface area contributed by atoms with Gasteiger partial charge in [0, 0.05) is 17.6 Å². The van der Waals surface area contributed by atoms with Crippen molar-refractivity contribution in [1.82, 2.24) is 14.8 Å². The van der Waals surface area contributed by atoms with Crippen LogP contribution in [0.2, 0.25) is 0 Å². The smallest absolute Gasteiger partial charge is 0.341 e. The van der Waals surface area contributed by atoms with Gasteiger partial charge in [0.05, 0.1) is 44.4 Å². The number of benzene rings is 1. The highest BCUT2D eigenvalue weighted by molar-refractivity contribution is 7.99. The molecule has 3 aromatic heterocycles. The number of thiophene rings is 1. The lowest BCUT2D eigenvalue weighted by Gasteiger charge is -2.14. The highest BCUT2D eigenvalue weighted by Crippen LogP contribution is 2.37. The first-order chi connectivity index (χ1) is 19.0. The number of esters is 1. The van der Waals surface area contributed by atoms with Gasteiger partial charge in [-0.1, -0.05) is 23.9 Å². The van der Waals surface area contributed by atoms with Gasteiger partial charge in [-0.15, -0.1) is 21.5 Å². The van der Waals surface area contributed by atoms with E-state index in [2.05, 4.69) is 15.5 Å². The molecule has 12 heteroatoms. The molecule has 1 unspecified atom stereocenters. The van der Waals surface area contributed by atoms with Crippen molar-refractivity contribution in [2.45, 2.75) is 37.6 Å². The minimum absolute atomic E-state index is 0.0604. The second-order valence-corrected chi connectivity index (χ2v) is 10.7. The summed E-state index contributed by atoms with van der Waals surface area (Å²) < 4.78 is 23.6. The van der Waals surface area contributed by atoms with Gasteiger partial charge < -0.3 is 23.9 Å². The molecule has 1 fully saturated rings. The normalized spacial score (nSPS) is 14.9. The number of ether oxygens (including phenoxy) is 3. The SMILES string of the molecule is COC(=O)c1c(-c2ccc(OC)cc2)csc1NC(=O)CSc1nnc(-c2ccoc2C)n1CC1CCCO1. The van der Waals surface area contributed by atoms with Gasteiger partial charge >= 0.3 is 5.97 Å². The summed E-state index contributed by atoms with van der Waals surface area (Å²) in [5.41, 5.74) is 2.65. The molecule has 5 rings (SSSR count). The molecule has 39 heavy (non-hydrogen) atoms. The molecule has 4 heterocycles. The summed E-state index contributed by atoms with van der Waals surface area (Å²) in [6.45, 7) is 3.19. The summed E-state index contributed by atoms with van der Waals surface area (Å²) >= 11 is 2.54. The van der Waals surface area contributed by atoms with E-state index in [1.54, 1.807) is 13.4 Å². The highest BCUT2D eigenvalue weighted by atomic mass is 32.2. The monoisotopic (exact) mass is 568 g/mol. The minimum atomic E-state index is -0.526. The Hall–Kier alpha value is -3.61. The van der Waals surface area contributed by atoms with Crippen LogP contribution in [0.15, 0.2) is 51.5 Å². The number of hydrogen-bond donors (Lipinski definition) is 1. The molecule has 1 saturated heterocycles. The second kappa shape index (κ2) is 12.1. The third-order valence-electron chi connectivity index (χ3n) is 6.39. The van der Waals surface area contributed by atoms with Crippen LogP contribution in [0.25, 0.3) is 22.5 Å². The molecule has 0 bridgehead atoms. The van der Waals surface area contributed by atoms with Crippen LogP contribution in [0.4, 0.5) is 5.00 Å². The van der Waals surface area contributed by atoms with Crippen LogP contribution in [0.5, 0.6) is 5.75 Å². The predicted molar refractivity (Wildman–Crippen MR) is 148 cm³/mol. The van der Waals surface area contributed by atoms with Crippen molar-refractivity contribution in [1.29, 1.82) is 0 Å². The lowest BCUT2D eigenvalue weighted by molar-refractivity contribution is -0.113. The van der Waals surface area contributed by atoms with E-state index in [4.69, 9.17) is 18.6 Å². The van der Waals surface area contributed by atoms with Gasteiger partial charge in [0.15, 0.2) is 11.0 Å². The van der Waals surface area contributed by atoms with E-state index in [0.29, 0.717) is 39.4 Å². The zero-order chi connectivity index (χ0) is 27.4. The maximum atomic E-state index is 13.0. The van der Waals surface area contributed by atoms with E-state index in [-0.39, 0.29) is 17.8 Å². The van der Waals surface area contributed by atoms with Crippen molar-refractivity contribution in [3.8, 4) is 28.3 Å². The number of nitrogens with zero attached hydrogens (tertiary/aromatic N) is 3. The number of thioether (sulfide) groups is 1. The quantitative estimate of drug-likeness (QED) is 0.201. The molecule has 0 aliphatic carbocycles. The summed E-state index contributed by atoms with van der Waals surface area (Å²) in [4.78, 5) is 25.7. The third-order valence-corrected chi connectivity index (χ3v) is 8.26. The van der Waals surface area contributed by atoms with Crippen LogP contribution >= 0.6 is 23.1 Å². The molecule has 1 atom stereocenters. The van der Waals surface area contributed by atoms with Crippen molar-refractivity contribution in [3.63, 3.8) is 0 Å². The summed E-state index contributed by atoms with van der Waals surface area (Å²) in [6, 6.07) is 9.20. The average molecular weight is 569 g/mol. The average Bonchev–Trinajstić information content (AvgIpc) is 3.76. The standard InChI is InChI=1S/C27H28N4O6S2/c1-16-20(10-12-36-16)24-29-30-27(31(24)13-19-5-4-11-37-19)39-15-22(32)28-25-23(26(33)35-3)21(14-38-25)17-6-8-18(34-2)9-7-17/h6-10,12,14,19H,4-5,11,13,15H2,1-3H3,(H,28,32). The molecule has 1 N–H and O–H groups in total. The number of amides is 1. The van der Waals surface area contributed by atoms with Crippen molar-refractivity contribution in [2.75, 3.05) is 31.9 Å². The first-order valence-corrected chi connectivity index (χ1v) is 14.2. The molecular weight excluding hydrogens is 540 g/mol. The fraction of sp³-hybridized carbons (Fsp3) is 0.333. The topological polar surface area (TPSA) is 118 Å². The molecular formula is C27H28N4O6S2. The zero-order valence-corrected chi connectivity index (χ0v) is 23.4. The van der Waals surface area contributed by atoms with Crippen LogP contribution in [-0.2, 0) is 20.8 Å². The molecule has 10 nitrogen and oxygen atoms in total. The second-order valence-electron chi connectivity index (χ2n) is 8.85. The molecule has 0 saturated carbocycles. The number of nitrogens with one attached hydrogen (secondary N) is 1. The summed E-state index contributed by atoms with van der Waals surface area (Å²) in [7, 11) is 2.91. The fourth-order valence-electron chi connectivity index (χ4n) is 4.40. The lowest BCUT2D eigenvalue weighted by atomic mass is 10.0. The number of carbonyl (C=O) groups is 2. The number of hydrogen-bond acceptors (Lipinski definition) is 10. The van der Waals surface area contributed by atoms with Gasteiger partial charge in [-0.25, -0.2) is 4.79 Å². The van der Waals surface area contributed by atoms with Crippen molar-refractivity contribution in [3.05, 3.63) is 53.3 Å². The van der Waals surface area contributed by atoms with Gasteiger partial charge in [-0.2, -0.15) is 0 Å². The Balaban J connectivity index is 1.33. The summed E-state index contributed by atoms with van der Waals surface area (Å²) in [6.07, 6.45) is 3.65. The largest absolute Gasteiger partial charge is 0.497 e. The first kappa shape index (κ1) is 27.0. The number of aromatic nitrogens is 3. The van der Waals surface area contributed by atoms with Crippen molar-refractivity contribution in [2.24, 2.45) is 0 Å².